The van der Waals surface area contributed by atoms with Crippen molar-refractivity contribution in [3.05, 3.63) is 70.5 Å². The van der Waals surface area contributed by atoms with Crippen LogP contribution in [0, 0.1) is 45.9 Å². The molecule has 22 nitrogen and oxygen atoms in total. The number of carboxylic acids is 4. The Morgan fingerprint density at radius 1 is 0.739 bits per heavy atom. The second kappa shape index (κ2) is 56.6. The van der Waals surface area contributed by atoms with Crippen molar-refractivity contribution in [2.45, 2.75) is 26.7 Å². The van der Waals surface area contributed by atoms with Crippen molar-refractivity contribution in [3.63, 3.8) is 0 Å². The van der Waals surface area contributed by atoms with Crippen LogP contribution in [-0.2, 0) is 88.7 Å². The Morgan fingerprint density at radius 2 is 0.913 bits per heavy atom. The van der Waals surface area contributed by atoms with Crippen LogP contribution in [0.1, 0.15) is 25.2 Å². The quantitative estimate of drug-likeness (QED) is 0.110. The second-order valence-electron chi connectivity index (χ2n) is 6.28. The summed E-state index contributed by atoms with van der Waals surface area (Å²) in [4.78, 5) is 98.8. The molecule has 2 heterocycles. The van der Waals surface area contributed by atoms with Crippen LogP contribution in [0.2, 0.25) is 0 Å². The average Bonchev–Trinajstić information content (AvgIpc) is 3.68. The van der Waals surface area contributed by atoms with Crippen molar-refractivity contribution in [1.82, 2.24) is 19.9 Å². The number of halogens is 2. The molecule has 268 valence electrons. The molecule has 0 saturated heterocycles. The van der Waals surface area contributed by atoms with Crippen molar-refractivity contribution in [3.8, 4) is 0 Å². The van der Waals surface area contributed by atoms with E-state index in [0.29, 0.717) is 11.8 Å². The Hall–Kier alpha value is -4.18. The van der Waals surface area contributed by atoms with Crippen LogP contribution in [0.4, 0.5) is 0 Å². The van der Waals surface area contributed by atoms with Gasteiger partial charge >= 0.3 is 92.6 Å². The summed E-state index contributed by atoms with van der Waals surface area (Å²) in [5.41, 5.74) is 2.19. The maximum absolute atomic E-state index is 9.10. The zero-order valence-electron chi connectivity index (χ0n) is 23.2. The van der Waals surface area contributed by atoms with Gasteiger partial charge in [-0.25, -0.2) is 29.1 Å². The standard InChI is InChI=1S/2C7H11N2.2C2H2O4.2CO2.2ClH.2HNO2.2Pt/c2*1-6(2)3-7-4-8-5-9-7;2*3-1(4)2(5)6;2*2-1-3;;;2*2-1-3;;/h2*4-6H,1,3H2,2H3,(H,8,9);2*(H,3,4)(H,5,6);;;2*1H;2*(H,2,3);;/q2*-1;;;;;;;;;2*+2/p-4. The molecule has 0 aromatic carbocycles. The van der Waals surface area contributed by atoms with Crippen molar-refractivity contribution < 1.29 is 96.3 Å². The van der Waals surface area contributed by atoms with Crippen LogP contribution in [0.5, 0.6) is 0 Å². The molecular weight excluding hydrogens is 1040 g/mol. The number of imidazole rings is 2. The molecular formula is C20H26Cl2N6O16Pt2-2. The number of nitrogens with zero attached hydrogens (tertiary/aromatic N) is 4. The number of H-pyrrole nitrogens is 2. The molecule has 2 aromatic heterocycles. The van der Waals surface area contributed by atoms with Crippen molar-refractivity contribution in [2.75, 3.05) is 0 Å². The van der Waals surface area contributed by atoms with Crippen LogP contribution < -0.4 is 0 Å². The van der Waals surface area contributed by atoms with Gasteiger partial charge in [-0.05, 0) is 12.8 Å². The predicted octanol–water partition coefficient (Wildman–Crippen LogP) is 1.86. The first-order valence-electron chi connectivity index (χ1n) is 10.2. The van der Waals surface area contributed by atoms with E-state index in [4.69, 9.17) is 79.0 Å². The summed E-state index contributed by atoms with van der Waals surface area (Å²) in [6.07, 6.45) is 9.62. The summed E-state index contributed by atoms with van der Waals surface area (Å²) < 4.78 is 0. The predicted molar refractivity (Wildman–Crippen MR) is 144 cm³/mol. The molecule has 2 atom stereocenters. The fraction of sp³-hybridized carbons (Fsp3) is 0.300. The van der Waals surface area contributed by atoms with Crippen LogP contribution in [0.3, 0.4) is 0 Å². The first kappa shape index (κ1) is 60.9. The van der Waals surface area contributed by atoms with Gasteiger partial charge in [-0.15, -0.1) is 10.7 Å². The van der Waals surface area contributed by atoms with Crippen LogP contribution in [0.25, 0.3) is 0 Å². The first-order chi connectivity index (χ1) is 21.5. The minimum absolute atomic E-state index is 0.250. The van der Waals surface area contributed by atoms with E-state index in [-0.39, 0.29) is 12.3 Å². The number of carbonyl (C=O) groups excluding carboxylic acids is 4. The van der Waals surface area contributed by atoms with Gasteiger partial charge in [0, 0.05) is 12.4 Å². The molecule has 0 spiro atoms. The van der Waals surface area contributed by atoms with Gasteiger partial charge in [-0.2, -0.15) is 31.0 Å². The topological polar surface area (TPSA) is 380 Å². The van der Waals surface area contributed by atoms with Gasteiger partial charge in [0.1, 0.15) is 0 Å². The molecule has 6 N–H and O–H groups in total. The van der Waals surface area contributed by atoms with E-state index in [1.54, 1.807) is 50.2 Å². The number of aliphatic carboxylic acids is 4. The molecule has 0 aliphatic carbocycles. The summed E-state index contributed by atoms with van der Waals surface area (Å²) in [7, 11) is 9.22. The fourth-order valence-electron chi connectivity index (χ4n) is 1.52. The fourth-order valence-corrected chi connectivity index (χ4v) is 1.52. The van der Waals surface area contributed by atoms with Gasteiger partial charge in [0.25, 0.3) is 0 Å². The summed E-state index contributed by atoms with van der Waals surface area (Å²) in [5.74, 6) is -6.39. The van der Waals surface area contributed by atoms with Crippen molar-refractivity contribution in [1.29, 1.82) is 0 Å². The van der Waals surface area contributed by atoms with E-state index in [0.717, 1.165) is 34.9 Å². The number of hydrogen-bond donors (Lipinski definition) is 6. The normalized spacial score (nSPS) is 8.39. The Bertz CT molecular complexity index is 929. The molecule has 0 aliphatic rings. The molecule has 0 amide bonds. The summed E-state index contributed by atoms with van der Waals surface area (Å²) in [6.45, 7) is 11.9. The number of rotatable bonds is 4. The van der Waals surface area contributed by atoms with Crippen molar-refractivity contribution >= 4 is 55.0 Å². The van der Waals surface area contributed by atoms with Gasteiger partial charge in [0.05, 0.1) is 24.0 Å². The second-order valence-corrected chi connectivity index (χ2v) is 6.28. The number of hydrogen-bond acceptors (Lipinski definition) is 16. The van der Waals surface area contributed by atoms with Gasteiger partial charge in [-0.1, -0.05) is 13.8 Å². The van der Waals surface area contributed by atoms with Gasteiger partial charge in [0.2, 0.25) is 0 Å². The molecule has 0 radical (unpaired) electrons. The zero-order chi connectivity index (χ0) is 38.5. The Labute approximate surface area is 289 Å². The third-order valence-electron chi connectivity index (χ3n) is 2.59. The van der Waals surface area contributed by atoms with Crippen LogP contribution >= 0.6 is 18.8 Å². The molecule has 0 saturated carbocycles. The van der Waals surface area contributed by atoms with E-state index in [1.807, 2.05) is 12.4 Å². The molecule has 0 bridgehead atoms. The monoisotopic (exact) mass is 1070 g/mol. The number of carboxylic acid groups (broad SMARTS) is 4. The maximum atomic E-state index is 9.10. The van der Waals surface area contributed by atoms with Crippen molar-refractivity contribution in [2.24, 2.45) is 22.5 Å². The first-order valence-corrected chi connectivity index (χ1v) is 15.8. The summed E-state index contributed by atoms with van der Waals surface area (Å²) in [5, 5.41) is 47.6. The van der Waals surface area contributed by atoms with Gasteiger partial charge in [-0.3, -0.25) is 0 Å². The van der Waals surface area contributed by atoms with E-state index >= 15 is 0 Å². The third kappa shape index (κ3) is 90.0. The van der Waals surface area contributed by atoms with E-state index < -0.39 is 23.9 Å². The Kier molecular flexibility index (Phi) is 74.9. The number of aromatic amines is 2. The zero-order valence-corrected chi connectivity index (χ0v) is 29.2. The number of nitrogens with one attached hydrogen (secondary N) is 2. The van der Waals surface area contributed by atoms with E-state index in [2.05, 4.69) is 66.5 Å². The average molecular weight is 1070 g/mol. The molecule has 2 rings (SSSR count). The third-order valence-corrected chi connectivity index (χ3v) is 2.59. The molecule has 46 heavy (non-hydrogen) atoms. The van der Waals surface area contributed by atoms with Crippen LogP contribution in [0.15, 0.2) is 35.7 Å². The van der Waals surface area contributed by atoms with Crippen LogP contribution in [-0.4, -0.2) is 76.5 Å². The van der Waals surface area contributed by atoms with E-state index in [1.165, 1.54) is 0 Å². The summed E-state index contributed by atoms with van der Waals surface area (Å²) in [6, 6.07) is 0. The Morgan fingerprint density at radius 3 is 1.00 bits per heavy atom. The molecule has 0 fully saturated rings. The molecule has 2 aromatic rings. The van der Waals surface area contributed by atoms with Gasteiger partial charge < -0.3 is 64.5 Å². The summed E-state index contributed by atoms with van der Waals surface area (Å²) >= 11 is 3.22. The SMILES string of the molecule is O=C(O)C(=O)O.O=C(O)C(=O)O.O=C=O.O=C=O.O=N[O-].O=N[O-].[CH2-]C(C)Cc1c[nH]cn1.[CH2-]C(C)Cc1c[nH]cn1.[Cl][Pt+].[Cl][Pt+]. The number of aromatic nitrogens is 4. The Balaban J connectivity index is -0.0000000613. The number of carbonyl (C=O) groups is 4. The van der Waals surface area contributed by atoms with E-state index in [9.17, 15) is 0 Å². The van der Waals surface area contributed by atoms with Gasteiger partial charge in [0.15, 0.2) is 0 Å². The minimum atomic E-state index is -1.82. The molecule has 2 unspecified atom stereocenters. The molecule has 26 heteroatoms. The molecule has 0 aliphatic heterocycles.